The van der Waals surface area contributed by atoms with Crippen molar-refractivity contribution in [2.24, 2.45) is 0 Å². The number of rotatable bonds is 0. The van der Waals surface area contributed by atoms with Crippen molar-refractivity contribution in [3.05, 3.63) is 40.8 Å². The van der Waals surface area contributed by atoms with Gasteiger partial charge in [-0.2, -0.15) is 0 Å². The van der Waals surface area contributed by atoms with Crippen LogP contribution in [0.5, 0.6) is 0 Å². The normalized spacial score (nSPS) is 9.27. The van der Waals surface area contributed by atoms with Crippen LogP contribution in [0.2, 0.25) is 0 Å². The lowest BCUT2D eigenvalue weighted by Gasteiger charge is -2.03. The Morgan fingerprint density at radius 2 is 1.82 bits per heavy atom. The third kappa shape index (κ3) is 1.43. The SMILES string of the molecule is [C]#Cc1cc(C)cc(C)c1C. The van der Waals surface area contributed by atoms with Crippen LogP contribution in [-0.4, -0.2) is 0 Å². The van der Waals surface area contributed by atoms with Crippen LogP contribution < -0.4 is 0 Å². The molecule has 0 aliphatic rings. The van der Waals surface area contributed by atoms with Gasteiger partial charge in [-0.3, -0.25) is 0 Å². The molecule has 11 heavy (non-hydrogen) atoms. The summed E-state index contributed by atoms with van der Waals surface area (Å²) in [5.41, 5.74) is 4.50. The molecule has 0 aromatic heterocycles. The maximum Gasteiger partial charge on any atom is 0.0290 e. The maximum atomic E-state index is 7.03. The van der Waals surface area contributed by atoms with Crippen molar-refractivity contribution in [1.82, 2.24) is 0 Å². The molecule has 1 rings (SSSR count). The van der Waals surface area contributed by atoms with Crippen molar-refractivity contribution < 1.29 is 0 Å². The molecular weight excluding hydrogens is 132 g/mol. The number of hydrogen-bond acceptors (Lipinski definition) is 0. The van der Waals surface area contributed by atoms with E-state index in [1.807, 2.05) is 19.9 Å². The quantitative estimate of drug-likeness (QED) is 0.489. The second-order valence-corrected chi connectivity index (χ2v) is 2.88. The molecule has 0 fully saturated rings. The minimum atomic E-state index is 0.905. The molecule has 0 heteroatoms. The fourth-order valence-corrected chi connectivity index (χ4v) is 1.17. The molecule has 0 saturated carbocycles. The molecule has 0 unspecified atom stereocenters. The molecular formula is C11H11. The molecule has 1 aromatic carbocycles. The smallest absolute Gasteiger partial charge is 0.0290 e. The topological polar surface area (TPSA) is 0 Å². The third-order valence-electron chi connectivity index (χ3n) is 1.95. The molecule has 55 valence electrons. The van der Waals surface area contributed by atoms with E-state index in [1.54, 1.807) is 0 Å². The van der Waals surface area contributed by atoms with Gasteiger partial charge in [0.15, 0.2) is 0 Å². The first kappa shape index (κ1) is 7.88. The molecule has 0 spiro atoms. The second-order valence-electron chi connectivity index (χ2n) is 2.88. The zero-order valence-electron chi connectivity index (χ0n) is 7.15. The number of aryl methyl sites for hydroxylation is 2. The van der Waals surface area contributed by atoms with Gasteiger partial charge in [0.05, 0.1) is 0 Å². The summed E-state index contributed by atoms with van der Waals surface area (Å²) in [6, 6.07) is 4.10. The molecule has 0 nitrogen and oxygen atoms in total. The summed E-state index contributed by atoms with van der Waals surface area (Å²) in [6.07, 6.45) is 7.03. The molecule has 0 N–H and O–H groups in total. The van der Waals surface area contributed by atoms with Crippen LogP contribution in [0.25, 0.3) is 0 Å². The maximum absolute atomic E-state index is 7.03. The van der Waals surface area contributed by atoms with Crippen LogP contribution in [0.15, 0.2) is 12.1 Å². The molecule has 0 heterocycles. The Balaban J connectivity index is 3.39. The lowest BCUT2D eigenvalue weighted by molar-refractivity contribution is 1.28. The van der Waals surface area contributed by atoms with Gasteiger partial charge in [0.1, 0.15) is 0 Å². The fraction of sp³-hybridized carbons (Fsp3) is 0.273. The van der Waals surface area contributed by atoms with Crippen molar-refractivity contribution >= 4 is 0 Å². The van der Waals surface area contributed by atoms with Crippen LogP contribution in [-0.2, 0) is 0 Å². The summed E-state index contributed by atoms with van der Waals surface area (Å²) >= 11 is 0. The fourth-order valence-electron chi connectivity index (χ4n) is 1.17. The third-order valence-corrected chi connectivity index (χ3v) is 1.95. The summed E-state index contributed by atoms with van der Waals surface area (Å²) in [5, 5.41) is 0. The van der Waals surface area contributed by atoms with Crippen LogP contribution >= 0.6 is 0 Å². The highest BCUT2D eigenvalue weighted by atomic mass is 14.0. The largest absolute Gasteiger partial charge is 0.0560 e. The minimum Gasteiger partial charge on any atom is -0.0560 e. The van der Waals surface area contributed by atoms with Crippen LogP contribution in [0.1, 0.15) is 22.3 Å². The van der Waals surface area contributed by atoms with E-state index in [9.17, 15) is 0 Å². The van der Waals surface area contributed by atoms with Crippen molar-refractivity contribution in [2.45, 2.75) is 20.8 Å². The van der Waals surface area contributed by atoms with Gasteiger partial charge in [0, 0.05) is 5.56 Å². The lowest BCUT2D eigenvalue weighted by Crippen LogP contribution is -1.88. The monoisotopic (exact) mass is 143 g/mol. The first-order valence-electron chi connectivity index (χ1n) is 3.65. The molecule has 0 amide bonds. The first-order valence-corrected chi connectivity index (χ1v) is 3.65. The summed E-state index contributed by atoms with van der Waals surface area (Å²) in [6.45, 7) is 6.11. The highest BCUT2D eigenvalue weighted by Crippen LogP contribution is 2.14. The van der Waals surface area contributed by atoms with E-state index in [1.165, 1.54) is 11.1 Å². The summed E-state index contributed by atoms with van der Waals surface area (Å²) in [7, 11) is 0. The Labute approximate surface area is 68.3 Å². The van der Waals surface area contributed by atoms with Gasteiger partial charge in [-0.15, -0.1) is 0 Å². The molecule has 0 atom stereocenters. The average molecular weight is 143 g/mol. The Hall–Kier alpha value is -1.22. The molecule has 1 radical (unpaired) electrons. The van der Waals surface area contributed by atoms with Crippen LogP contribution in [0, 0.1) is 33.1 Å². The Bertz CT molecular complexity index is 314. The molecule has 0 aliphatic heterocycles. The predicted molar refractivity (Wildman–Crippen MR) is 46.9 cm³/mol. The zero-order valence-corrected chi connectivity index (χ0v) is 7.15. The average Bonchev–Trinajstić information content (AvgIpc) is 1.96. The van der Waals surface area contributed by atoms with Gasteiger partial charge in [-0.05, 0) is 50.0 Å². The molecule has 0 bridgehead atoms. The van der Waals surface area contributed by atoms with Crippen molar-refractivity contribution in [2.75, 3.05) is 0 Å². The van der Waals surface area contributed by atoms with Gasteiger partial charge < -0.3 is 0 Å². The van der Waals surface area contributed by atoms with Crippen molar-refractivity contribution in [1.29, 1.82) is 0 Å². The summed E-state index contributed by atoms with van der Waals surface area (Å²) in [5.74, 6) is 2.43. The van der Waals surface area contributed by atoms with E-state index in [2.05, 4.69) is 18.9 Å². The number of benzene rings is 1. The van der Waals surface area contributed by atoms with E-state index >= 15 is 0 Å². The Morgan fingerprint density at radius 3 is 2.36 bits per heavy atom. The van der Waals surface area contributed by atoms with E-state index in [4.69, 9.17) is 6.42 Å². The standard InChI is InChI=1S/C11H11/c1-5-11-7-8(2)6-9(3)10(11)4/h6-7H,2-4H3. The summed E-state index contributed by atoms with van der Waals surface area (Å²) in [4.78, 5) is 0. The Morgan fingerprint density at radius 1 is 1.18 bits per heavy atom. The second kappa shape index (κ2) is 2.80. The van der Waals surface area contributed by atoms with Crippen molar-refractivity contribution in [3.63, 3.8) is 0 Å². The van der Waals surface area contributed by atoms with Gasteiger partial charge >= 0.3 is 0 Å². The minimum absolute atomic E-state index is 0.905. The Kier molecular flexibility index (Phi) is 2.01. The van der Waals surface area contributed by atoms with E-state index in [0.717, 1.165) is 11.1 Å². The van der Waals surface area contributed by atoms with Gasteiger partial charge in [-0.25, -0.2) is 0 Å². The zero-order chi connectivity index (χ0) is 8.43. The first-order chi connectivity index (χ1) is 5.15. The molecule has 1 aromatic rings. The van der Waals surface area contributed by atoms with E-state index in [-0.39, 0.29) is 0 Å². The van der Waals surface area contributed by atoms with Gasteiger partial charge in [-0.1, -0.05) is 12.0 Å². The van der Waals surface area contributed by atoms with E-state index < -0.39 is 0 Å². The van der Waals surface area contributed by atoms with Crippen LogP contribution in [0.4, 0.5) is 0 Å². The molecule has 0 aliphatic carbocycles. The molecule has 0 saturated heterocycles. The van der Waals surface area contributed by atoms with Crippen LogP contribution in [0.3, 0.4) is 0 Å². The van der Waals surface area contributed by atoms with Crippen molar-refractivity contribution in [3.8, 4) is 5.92 Å². The predicted octanol–water partition coefficient (Wildman–Crippen LogP) is 2.55. The highest BCUT2D eigenvalue weighted by molar-refractivity contribution is 5.44. The van der Waals surface area contributed by atoms with E-state index in [0.29, 0.717) is 0 Å². The number of hydrogen-bond donors (Lipinski definition) is 0. The van der Waals surface area contributed by atoms with Gasteiger partial charge in [0.25, 0.3) is 0 Å². The highest BCUT2D eigenvalue weighted by Gasteiger charge is 1.98. The lowest BCUT2D eigenvalue weighted by atomic mass is 10.0. The summed E-state index contributed by atoms with van der Waals surface area (Å²) < 4.78 is 0. The van der Waals surface area contributed by atoms with Gasteiger partial charge in [0.2, 0.25) is 0 Å².